The minimum Gasteiger partial charge on any atom is -0.477 e. The Hall–Kier alpha value is -3.17. The summed E-state index contributed by atoms with van der Waals surface area (Å²) in [7, 11) is 0. The lowest BCUT2D eigenvalue weighted by Gasteiger charge is -2.07. The SMILES string of the molecule is O=C(O)c1ccnnc1Oc1cc(F)c([N+](=O)[O-])cc1F. The van der Waals surface area contributed by atoms with E-state index in [0.29, 0.717) is 12.1 Å². The number of carboxylic acids is 1. The van der Waals surface area contributed by atoms with Crippen molar-refractivity contribution in [2.45, 2.75) is 0 Å². The number of rotatable bonds is 4. The van der Waals surface area contributed by atoms with Crippen LogP contribution in [0.25, 0.3) is 0 Å². The van der Waals surface area contributed by atoms with E-state index in [1.807, 2.05) is 0 Å². The van der Waals surface area contributed by atoms with Gasteiger partial charge in [-0.05, 0) is 6.07 Å². The van der Waals surface area contributed by atoms with E-state index in [9.17, 15) is 23.7 Å². The first-order chi connectivity index (χ1) is 9.90. The summed E-state index contributed by atoms with van der Waals surface area (Å²) in [5.41, 5.74) is -1.50. The van der Waals surface area contributed by atoms with Gasteiger partial charge in [-0.3, -0.25) is 10.1 Å². The zero-order valence-corrected chi connectivity index (χ0v) is 9.99. The maximum absolute atomic E-state index is 13.6. The molecule has 2 aromatic rings. The highest BCUT2D eigenvalue weighted by Crippen LogP contribution is 2.30. The van der Waals surface area contributed by atoms with E-state index in [2.05, 4.69) is 10.2 Å². The molecule has 1 aromatic heterocycles. The Kier molecular flexibility index (Phi) is 3.69. The summed E-state index contributed by atoms with van der Waals surface area (Å²) < 4.78 is 31.8. The molecule has 108 valence electrons. The molecule has 2 rings (SSSR count). The smallest absolute Gasteiger partial charge is 0.341 e. The third kappa shape index (κ3) is 2.88. The first kappa shape index (κ1) is 14.2. The molecule has 10 heteroatoms. The number of carbonyl (C=O) groups is 1. The van der Waals surface area contributed by atoms with Crippen LogP contribution in [-0.4, -0.2) is 26.2 Å². The molecule has 1 N–H and O–H groups in total. The number of hydrogen-bond donors (Lipinski definition) is 1. The third-order valence-corrected chi connectivity index (χ3v) is 2.32. The van der Waals surface area contributed by atoms with Gasteiger partial charge in [0.1, 0.15) is 5.56 Å². The number of halogens is 2. The second kappa shape index (κ2) is 5.45. The lowest BCUT2D eigenvalue weighted by atomic mass is 10.2. The minimum absolute atomic E-state index is 0.321. The Morgan fingerprint density at radius 1 is 1.33 bits per heavy atom. The predicted molar refractivity (Wildman–Crippen MR) is 62.1 cm³/mol. The topological polar surface area (TPSA) is 115 Å². The average molecular weight is 297 g/mol. The van der Waals surface area contributed by atoms with Crippen molar-refractivity contribution in [3.8, 4) is 11.6 Å². The summed E-state index contributed by atoms with van der Waals surface area (Å²) in [5, 5.41) is 26.0. The standard InChI is InChI=1S/C11H5F2N3O5/c12-6-4-9(7(13)3-8(6)16(19)20)21-10-5(11(17)18)1-2-14-15-10/h1-4H,(H,17,18). The van der Waals surface area contributed by atoms with Crippen molar-refractivity contribution in [2.24, 2.45) is 0 Å². The first-order valence-corrected chi connectivity index (χ1v) is 5.26. The van der Waals surface area contributed by atoms with E-state index in [1.54, 1.807) is 0 Å². The van der Waals surface area contributed by atoms with Gasteiger partial charge in [0.05, 0.1) is 17.2 Å². The molecule has 0 spiro atoms. The van der Waals surface area contributed by atoms with Gasteiger partial charge in [-0.2, -0.15) is 9.49 Å². The van der Waals surface area contributed by atoms with Crippen molar-refractivity contribution in [3.63, 3.8) is 0 Å². The average Bonchev–Trinajstić information content (AvgIpc) is 2.42. The molecule has 0 aliphatic heterocycles. The lowest BCUT2D eigenvalue weighted by Crippen LogP contribution is -2.04. The van der Waals surface area contributed by atoms with Crippen LogP contribution >= 0.6 is 0 Å². The summed E-state index contributed by atoms with van der Waals surface area (Å²) in [6.45, 7) is 0. The van der Waals surface area contributed by atoms with Gasteiger partial charge >= 0.3 is 11.7 Å². The van der Waals surface area contributed by atoms with Crippen molar-refractivity contribution in [1.29, 1.82) is 0 Å². The number of aromatic carboxylic acids is 1. The summed E-state index contributed by atoms with van der Waals surface area (Å²) in [5.74, 6) is -5.32. The second-order valence-electron chi connectivity index (χ2n) is 3.65. The maximum atomic E-state index is 13.6. The Labute approximate surface area is 114 Å². The van der Waals surface area contributed by atoms with Crippen LogP contribution in [0.15, 0.2) is 24.4 Å². The van der Waals surface area contributed by atoms with E-state index in [4.69, 9.17) is 9.84 Å². The van der Waals surface area contributed by atoms with Crippen molar-refractivity contribution in [1.82, 2.24) is 10.2 Å². The quantitative estimate of drug-likeness (QED) is 0.678. The number of hydrogen-bond acceptors (Lipinski definition) is 6. The molecule has 8 nitrogen and oxygen atoms in total. The van der Waals surface area contributed by atoms with Gasteiger partial charge in [0.2, 0.25) is 5.82 Å². The fourth-order valence-corrected chi connectivity index (χ4v) is 1.40. The number of carboxylic acid groups (broad SMARTS) is 1. The highest BCUT2D eigenvalue weighted by molar-refractivity contribution is 5.90. The Morgan fingerprint density at radius 3 is 2.67 bits per heavy atom. The minimum atomic E-state index is -1.41. The van der Waals surface area contributed by atoms with Crippen LogP contribution in [0.4, 0.5) is 14.5 Å². The molecular formula is C11H5F2N3O5. The molecule has 0 saturated heterocycles. The van der Waals surface area contributed by atoms with Gasteiger partial charge in [-0.15, -0.1) is 5.10 Å². The first-order valence-electron chi connectivity index (χ1n) is 5.26. The molecule has 0 fully saturated rings. The van der Waals surface area contributed by atoms with Gasteiger partial charge in [0, 0.05) is 6.07 Å². The number of nitro benzene ring substituents is 1. The van der Waals surface area contributed by atoms with Gasteiger partial charge in [0.25, 0.3) is 5.88 Å². The molecule has 1 heterocycles. The Bertz CT molecular complexity index is 738. The van der Waals surface area contributed by atoms with Crippen molar-refractivity contribution >= 4 is 11.7 Å². The number of benzene rings is 1. The summed E-state index contributed by atoms with van der Waals surface area (Å²) in [6.07, 6.45) is 1.07. The van der Waals surface area contributed by atoms with E-state index < -0.39 is 45.4 Å². The van der Waals surface area contributed by atoms with Crippen molar-refractivity contribution in [2.75, 3.05) is 0 Å². The van der Waals surface area contributed by atoms with Crippen LogP contribution in [0.2, 0.25) is 0 Å². The highest BCUT2D eigenvalue weighted by Gasteiger charge is 2.21. The largest absolute Gasteiger partial charge is 0.477 e. The zero-order chi connectivity index (χ0) is 15.6. The monoisotopic (exact) mass is 297 g/mol. The molecule has 0 atom stereocenters. The molecule has 0 amide bonds. The van der Waals surface area contributed by atoms with Crippen LogP contribution in [-0.2, 0) is 0 Å². The van der Waals surface area contributed by atoms with Crippen molar-refractivity contribution in [3.05, 3.63) is 51.7 Å². The van der Waals surface area contributed by atoms with Crippen LogP contribution in [0.3, 0.4) is 0 Å². The number of nitrogens with zero attached hydrogens (tertiary/aromatic N) is 3. The van der Waals surface area contributed by atoms with Crippen LogP contribution in [0.5, 0.6) is 11.6 Å². The fraction of sp³-hybridized carbons (Fsp3) is 0. The van der Waals surface area contributed by atoms with Crippen LogP contribution in [0.1, 0.15) is 10.4 Å². The van der Waals surface area contributed by atoms with Crippen LogP contribution < -0.4 is 4.74 Å². The third-order valence-electron chi connectivity index (χ3n) is 2.32. The number of aromatic nitrogens is 2. The predicted octanol–water partition coefficient (Wildman–Crippen LogP) is 2.15. The molecule has 0 bridgehead atoms. The van der Waals surface area contributed by atoms with E-state index in [-0.39, 0.29) is 0 Å². The Balaban J connectivity index is 2.44. The molecule has 0 saturated carbocycles. The van der Waals surface area contributed by atoms with E-state index >= 15 is 0 Å². The molecule has 0 aliphatic rings. The number of ether oxygens (including phenoxy) is 1. The lowest BCUT2D eigenvalue weighted by molar-refractivity contribution is -0.387. The van der Waals surface area contributed by atoms with Gasteiger partial charge in [-0.25, -0.2) is 9.18 Å². The van der Waals surface area contributed by atoms with E-state index in [1.165, 1.54) is 0 Å². The molecular weight excluding hydrogens is 292 g/mol. The fourth-order valence-electron chi connectivity index (χ4n) is 1.40. The summed E-state index contributed by atoms with van der Waals surface area (Å²) >= 11 is 0. The van der Waals surface area contributed by atoms with Gasteiger partial charge in [0.15, 0.2) is 11.6 Å². The molecule has 21 heavy (non-hydrogen) atoms. The Morgan fingerprint density at radius 2 is 2.05 bits per heavy atom. The van der Waals surface area contributed by atoms with E-state index in [0.717, 1.165) is 12.3 Å². The second-order valence-corrected chi connectivity index (χ2v) is 3.65. The highest BCUT2D eigenvalue weighted by atomic mass is 19.1. The van der Waals surface area contributed by atoms with Crippen LogP contribution in [0, 0.1) is 21.7 Å². The summed E-state index contributed by atoms with van der Waals surface area (Å²) in [6, 6.07) is 1.79. The maximum Gasteiger partial charge on any atom is 0.341 e. The zero-order valence-electron chi connectivity index (χ0n) is 9.99. The number of nitro groups is 1. The molecule has 1 aromatic carbocycles. The molecule has 0 radical (unpaired) electrons. The van der Waals surface area contributed by atoms with Crippen molar-refractivity contribution < 1.29 is 28.3 Å². The van der Waals surface area contributed by atoms with Gasteiger partial charge < -0.3 is 9.84 Å². The molecule has 0 aliphatic carbocycles. The van der Waals surface area contributed by atoms with Gasteiger partial charge in [-0.1, -0.05) is 0 Å². The molecule has 0 unspecified atom stereocenters. The summed E-state index contributed by atoms with van der Waals surface area (Å²) in [4.78, 5) is 20.2. The normalized spacial score (nSPS) is 10.2.